The van der Waals surface area contributed by atoms with Crippen molar-refractivity contribution < 1.29 is 19.1 Å². The molecule has 1 fully saturated rings. The van der Waals surface area contributed by atoms with Gasteiger partial charge in [-0.2, -0.15) is 0 Å². The maximum absolute atomic E-state index is 11.1. The molecule has 0 spiro atoms. The molecular formula is C29H30N2O4. The van der Waals surface area contributed by atoms with Crippen LogP contribution in [0.15, 0.2) is 52.9 Å². The number of hydrogen-bond acceptors (Lipinski definition) is 5. The van der Waals surface area contributed by atoms with Gasteiger partial charge in [0.25, 0.3) is 0 Å². The van der Waals surface area contributed by atoms with E-state index in [2.05, 4.69) is 41.0 Å². The van der Waals surface area contributed by atoms with Crippen molar-refractivity contribution in [3.05, 3.63) is 82.6 Å². The lowest BCUT2D eigenvalue weighted by molar-refractivity contribution is -0.137. The summed E-state index contributed by atoms with van der Waals surface area (Å²) in [5.41, 5.74) is 4.36. The Kier molecular flexibility index (Phi) is 6.87. The van der Waals surface area contributed by atoms with Crippen LogP contribution in [0.4, 0.5) is 0 Å². The van der Waals surface area contributed by atoms with Crippen LogP contribution in [0, 0.1) is 11.8 Å². The summed E-state index contributed by atoms with van der Waals surface area (Å²) in [6, 6.07) is 16.1. The van der Waals surface area contributed by atoms with Gasteiger partial charge in [0.2, 0.25) is 0 Å². The molecule has 2 heterocycles. The van der Waals surface area contributed by atoms with Gasteiger partial charge in [-0.15, -0.1) is 5.92 Å². The molecule has 1 atom stereocenters. The number of rotatable bonds is 9. The second-order valence-electron chi connectivity index (χ2n) is 9.38. The van der Waals surface area contributed by atoms with Crippen molar-refractivity contribution in [2.45, 2.75) is 64.1 Å². The molecule has 0 bridgehead atoms. The molecule has 1 aromatic heterocycles. The first kappa shape index (κ1) is 23.2. The Morgan fingerprint density at radius 3 is 2.77 bits per heavy atom. The van der Waals surface area contributed by atoms with Crippen LogP contribution < -0.4 is 4.74 Å². The fourth-order valence-corrected chi connectivity index (χ4v) is 4.55. The van der Waals surface area contributed by atoms with E-state index in [0.717, 1.165) is 60.3 Å². The Morgan fingerprint density at radius 1 is 1.23 bits per heavy atom. The normalized spacial score (nSPS) is 16.1. The number of carboxylic acids is 1. The summed E-state index contributed by atoms with van der Waals surface area (Å²) >= 11 is 0. The molecule has 6 heteroatoms. The van der Waals surface area contributed by atoms with Crippen molar-refractivity contribution >= 4 is 5.97 Å². The number of benzene rings is 2. The van der Waals surface area contributed by atoms with Crippen LogP contribution in [-0.2, 0) is 30.9 Å². The van der Waals surface area contributed by atoms with Gasteiger partial charge in [0.05, 0.1) is 18.0 Å². The number of nitrogens with zero attached hydrogens (tertiary/aromatic N) is 2. The summed E-state index contributed by atoms with van der Waals surface area (Å²) < 4.78 is 12.0. The zero-order chi connectivity index (χ0) is 24.2. The molecule has 0 radical (unpaired) electrons. The SMILES string of the molecule is CC#C[C@@H](CC(=O)O)c1ccc(OCc2cccc(CN3CCc4oc(C5CC5)nc4C3)c2)cc1. The van der Waals surface area contributed by atoms with Crippen LogP contribution in [-0.4, -0.2) is 27.5 Å². The van der Waals surface area contributed by atoms with Gasteiger partial charge >= 0.3 is 5.97 Å². The molecule has 35 heavy (non-hydrogen) atoms. The number of aromatic nitrogens is 1. The van der Waals surface area contributed by atoms with Crippen LogP contribution >= 0.6 is 0 Å². The third-order valence-corrected chi connectivity index (χ3v) is 6.53. The van der Waals surface area contributed by atoms with Gasteiger partial charge < -0.3 is 14.3 Å². The molecule has 2 aliphatic rings. The molecule has 0 unspecified atom stereocenters. The van der Waals surface area contributed by atoms with Gasteiger partial charge in [-0.3, -0.25) is 9.69 Å². The van der Waals surface area contributed by atoms with Gasteiger partial charge in [0.15, 0.2) is 5.89 Å². The predicted octanol–water partition coefficient (Wildman–Crippen LogP) is 5.27. The second-order valence-corrected chi connectivity index (χ2v) is 9.38. The Hall–Kier alpha value is -3.56. The maximum Gasteiger partial charge on any atom is 0.304 e. The number of aliphatic carboxylic acids is 1. The van der Waals surface area contributed by atoms with Crippen molar-refractivity contribution in [1.29, 1.82) is 0 Å². The van der Waals surface area contributed by atoms with Crippen molar-refractivity contribution in [2.75, 3.05) is 6.54 Å². The average Bonchev–Trinajstić information content (AvgIpc) is 3.62. The highest BCUT2D eigenvalue weighted by atomic mass is 16.5. The van der Waals surface area contributed by atoms with E-state index in [1.54, 1.807) is 6.92 Å². The molecule has 1 N–H and O–H groups in total. The van der Waals surface area contributed by atoms with Crippen molar-refractivity contribution in [1.82, 2.24) is 9.88 Å². The molecule has 0 amide bonds. The number of ether oxygens (including phenoxy) is 1. The Balaban J connectivity index is 1.16. The van der Waals surface area contributed by atoms with Crippen molar-refractivity contribution in [3.63, 3.8) is 0 Å². The molecule has 1 aliphatic carbocycles. The van der Waals surface area contributed by atoms with Gasteiger partial charge in [-0.1, -0.05) is 42.3 Å². The van der Waals surface area contributed by atoms with E-state index in [9.17, 15) is 4.79 Å². The Morgan fingerprint density at radius 2 is 2.03 bits per heavy atom. The predicted molar refractivity (Wildman–Crippen MR) is 132 cm³/mol. The van der Waals surface area contributed by atoms with Crippen LogP contribution in [0.5, 0.6) is 5.75 Å². The zero-order valence-electron chi connectivity index (χ0n) is 20.0. The fourth-order valence-electron chi connectivity index (χ4n) is 4.55. The van der Waals surface area contributed by atoms with E-state index >= 15 is 0 Å². The molecule has 3 aromatic rings. The van der Waals surface area contributed by atoms with E-state index in [4.69, 9.17) is 19.2 Å². The molecule has 6 nitrogen and oxygen atoms in total. The van der Waals surface area contributed by atoms with E-state index in [-0.39, 0.29) is 12.3 Å². The quantitative estimate of drug-likeness (QED) is 0.430. The fraction of sp³-hybridized carbons (Fsp3) is 0.379. The Bertz CT molecular complexity index is 1250. The summed E-state index contributed by atoms with van der Waals surface area (Å²) in [4.78, 5) is 18.3. The van der Waals surface area contributed by atoms with E-state index < -0.39 is 5.97 Å². The smallest absolute Gasteiger partial charge is 0.304 e. The molecule has 180 valence electrons. The highest BCUT2D eigenvalue weighted by Gasteiger charge is 2.31. The van der Waals surface area contributed by atoms with E-state index in [1.165, 1.54) is 18.4 Å². The minimum absolute atomic E-state index is 0.00942. The van der Waals surface area contributed by atoms with Gasteiger partial charge in [-0.05, 0) is 48.6 Å². The van der Waals surface area contributed by atoms with Gasteiger partial charge in [0.1, 0.15) is 18.1 Å². The van der Waals surface area contributed by atoms with E-state index in [1.807, 2.05) is 24.3 Å². The average molecular weight is 471 g/mol. The monoisotopic (exact) mass is 470 g/mol. The standard InChI is InChI=1S/C29H30N2O4/c1-2-4-24(16-28(32)33)22-9-11-25(12-10-22)34-19-21-6-3-5-20(15-21)17-31-14-13-27-26(18-31)30-29(35-27)23-7-8-23/h3,5-6,9-12,15,23-24H,7-8,13-14,16-19H2,1H3,(H,32,33)/t24-/m0/s1. The van der Waals surface area contributed by atoms with Crippen LogP contribution in [0.1, 0.15) is 72.1 Å². The molecular weight excluding hydrogens is 440 g/mol. The third kappa shape index (κ3) is 5.93. The molecule has 1 saturated carbocycles. The Labute approximate surface area is 205 Å². The summed E-state index contributed by atoms with van der Waals surface area (Å²) in [6.07, 6.45) is 3.33. The minimum atomic E-state index is -0.855. The lowest BCUT2D eigenvalue weighted by atomic mass is 9.96. The number of carboxylic acid groups (broad SMARTS) is 1. The molecule has 0 saturated heterocycles. The first-order valence-corrected chi connectivity index (χ1v) is 12.2. The number of hydrogen-bond donors (Lipinski definition) is 1. The lowest BCUT2D eigenvalue weighted by Crippen LogP contribution is -2.29. The topological polar surface area (TPSA) is 75.8 Å². The third-order valence-electron chi connectivity index (χ3n) is 6.53. The van der Waals surface area contributed by atoms with E-state index in [0.29, 0.717) is 12.5 Å². The first-order valence-electron chi connectivity index (χ1n) is 12.2. The highest BCUT2D eigenvalue weighted by Crippen LogP contribution is 2.40. The van der Waals surface area contributed by atoms with Crippen LogP contribution in [0.25, 0.3) is 0 Å². The summed E-state index contributed by atoms with van der Waals surface area (Å²) in [5, 5.41) is 9.13. The van der Waals surface area contributed by atoms with Crippen LogP contribution in [0.3, 0.4) is 0 Å². The van der Waals surface area contributed by atoms with Crippen molar-refractivity contribution in [2.24, 2.45) is 0 Å². The second kappa shape index (κ2) is 10.4. The highest BCUT2D eigenvalue weighted by molar-refractivity contribution is 5.69. The summed E-state index contributed by atoms with van der Waals surface area (Å²) in [7, 11) is 0. The number of fused-ring (bicyclic) bond motifs is 1. The number of carbonyl (C=O) groups is 1. The van der Waals surface area contributed by atoms with Crippen LogP contribution in [0.2, 0.25) is 0 Å². The maximum atomic E-state index is 11.1. The van der Waals surface area contributed by atoms with Gasteiger partial charge in [-0.25, -0.2) is 4.98 Å². The largest absolute Gasteiger partial charge is 0.489 e. The summed E-state index contributed by atoms with van der Waals surface area (Å²) in [5.74, 6) is 7.96. The minimum Gasteiger partial charge on any atom is -0.489 e. The molecule has 5 rings (SSSR count). The zero-order valence-corrected chi connectivity index (χ0v) is 20.0. The number of oxazole rings is 1. The first-order chi connectivity index (χ1) is 17.1. The molecule has 1 aliphatic heterocycles. The van der Waals surface area contributed by atoms with Crippen molar-refractivity contribution in [3.8, 4) is 17.6 Å². The molecule has 2 aromatic carbocycles. The lowest BCUT2D eigenvalue weighted by Gasteiger charge is -2.25. The summed E-state index contributed by atoms with van der Waals surface area (Å²) in [6.45, 7) is 4.88. The van der Waals surface area contributed by atoms with Gasteiger partial charge in [0, 0.05) is 32.0 Å².